The second-order valence-electron chi connectivity index (χ2n) is 7.92. The quantitative estimate of drug-likeness (QED) is 0.400. The summed E-state index contributed by atoms with van der Waals surface area (Å²) in [6.45, 7) is 5.52. The summed E-state index contributed by atoms with van der Waals surface area (Å²) >= 11 is 6.57. The molecule has 1 fully saturated rings. The van der Waals surface area contributed by atoms with Crippen LogP contribution >= 0.6 is 11.6 Å². The van der Waals surface area contributed by atoms with Gasteiger partial charge in [-0.15, -0.1) is 0 Å². The molecule has 1 saturated heterocycles. The van der Waals surface area contributed by atoms with Crippen LogP contribution in [-0.2, 0) is 0 Å². The molecule has 3 N–H and O–H groups in total. The smallest absolute Gasteiger partial charge is 0.336 e. The number of aromatic nitrogens is 3. The van der Waals surface area contributed by atoms with Crippen molar-refractivity contribution in [2.75, 3.05) is 31.1 Å². The van der Waals surface area contributed by atoms with Crippen LogP contribution in [0.2, 0.25) is 5.02 Å². The fraction of sp³-hybridized carbons (Fsp3) is 0.208. The number of aryl methyl sites for hydroxylation is 1. The van der Waals surface area contributed by atoms with E-state index in [4.69, 9.17) is 16.3 Å². The number of benzene rings is 2. The lowest BCUT2D eigenvalue weighted by Gasteiger charge is -2.28. The van der Waals surface area contributed by atoms with Crippen molar-refractivity contribution in [3.63, 3.8) is 0 Å². The summed E-state index contributed by atoms with van der Waals surface area (Å²) in [5.41, 5.74) is 3.97. The molecule has 0 unspecified atom stereocenters. The first-order chi connectivity index (χ1) is 16.0. The van der Waals surface area contributed by atoms with E-state index in [2.05, 4.69) is 25.2 Å². The average molecular weight is 464 g/mol. The van der Waals surface area contributed by atoms with Crippen LogP contribution in [-0.4, -0.2) is 52.2 Å². The highest BCUT2D eigenvalue weighted by Crippen LogP contribution is 2.33. The zero-order chi connectivity index (χ0) is 22.9. The lowest BCUT2D eigenvalue weighted by Crippen LogP contribution is -2.43. The molecule has 0 amide bonds. The maximum atomic E-state index is 11.4. The number of halogens is 1. The molecule has 5 rings (SSSR count). The second kappa shape index (κ2) is 8.73. The zero-order valence-corrected chi connectivity index (χ0v) is 18.7. The Morgan fingerprint density at radius 1 is 1.15 bits per heavy atom. The third-order valence-corrected chi connectivity index (χ3v) is 6.02. The summed E-state index contributed by atoms with van der Waals surface area (Å²) in [4.78, 5) is 25.9. The molecule has 2 aromatic carbocycles. The van der Waals surface area contributed by atoms with Crippen LogP contribution in [0.3, 0.4) is 0 Å². The SMILES string of the molecule is Cc1ccc(Oc2nc3cc(-c4ccc(N5CCNCC5)nc4)c(Cl)cc3[nH]2)cc1C(=O)O. The molecule has 1 aliphatic rings. The number of aromatic carboxylic acids is 1. The van der Waals surface area contributed by atoms with Crippen LogP contribution in [0.1, 0.15) is 15.9 Å². The van der Waals surface area contributed by atoms with Crippen molar-refractivity contribution < 1.29 is 14.6 Å². The maximum Gasteiger partial charge on any atom is 0.336 e. The summed E-state index contributed by atoms with van der Waals surface area (Å²) in [6.07, 6.45) is 1.83. The zero-order valence-electron chi connectivity index (χ0n) is 17.9. The highest BCUT2D eigenvalue weighted by molar-refractivity contribution is 6.34. The average Bonchev–Trinajstić information content (AvgIpc) is 3.21. The highest BCUT2D eigenvalue weighted by Gasteiger charge is 2.15. The van der Waals surface area contributed by atoms with Crippen LogP contribution < -0.4 is 15.0 Å². The van der Waals surface area contributed by atoms with Gasteiger partial charge < -0.3 is 25.0 Å². The number of hydrogen-bond donors (Lipinski definition) is 3. The summed E-state index contributed by atoms with van der Waals surface area (Å²) < 4.78 is 5.78. The van der Waals surface area contributed by atoms with Gasteiger partial charge in [-0.2, -0.15) is 4.98 Å². The Kier molecular flexibility index (Phi) is 5.62. The van der Waals surface area contributed by atoms with Crippen LogP contribution in [0.5, 0.6) is 11.8 Å². The number of nitrogens with one attached hydrogen (secondary N) is 2. The molecule has 168 valence electrons. The lowest BCUT2D eigenvalue weighted by molar-refractivity contribution is 0.0695. The first kappa shape index (κ1) is 21.2. The molecule has 0 saturated carbocycles. The summed E-state index contributed by atoms with van der Waals surface area (Å²) in [6, 6.07) is 12.9. The van der Waals surface area contributed by atoms with E-state index in [1.165, 1.54) is 6.07 Å². The molecule has 3 heterocycles. The molecule has 4 aromatic rings. The van der Waals surface area contributed by atoms with Crippen LogP contribution in [0.25, 0.3) is 22.2 Å². The van der Waals surface area contributed by atoms with E-state index >= 15 is 0 Å². The first-order valence-corrected chi connectivity index (χ1v) is 11.0. The number of piperazine rings is 1. The Labute approximate surface area is 195 Å². The fourth-order valence-electron chi connectivity index (χ4n) is 3.91. The predicted molar refractivity (Wildman–Crippen MR) is 128 cm³/mol. The third kappa shape index (κ3) is 4.35. The standard InChI is InChI=1S/C24H22ClN5O3/c1-14-2-4-16(10-17(14)23(31)32)33-24-28-20-11-18(19(25)12-21(20)29-24)15-3-5-22(27-13-15)30-8-6-26-7-9-30/h2-5,10-13,26H,6-9H2,1H3,(H,28,29)(H,31,32). The molecule has 8 nitrogen and oxygen atoms in total. The van der Waals surface area contributed by atoms with E-state index in [1.807, 2.05) is 24.4 Å². The first-order valence-electron chi connectivity index (χ1n) is 10.6. The number of H-pyrrole nitrogens is 1. The van der Waals surface area contributed by atoms with Crippen molar-refractivity contribution in [2.24, 2.45) is 0 Å². The Balaban J connectivity index is 1.41. The van der Waals surface area contributed by atoms with E-state index in [9.17, 15) is 9.90 Å². The van der Waals surface area contributed by atoms with E-state index < -0.39 is 5.97 Å². The Bertz CT molecular complexity index is 1330. The van der Waals surface area contributed by atoms with E-state index in [1.54, 1.807) is 25.1 Å². The summed E-state index contributed by atoms with van der Waals surface area (Å²) in [5.74, 6) is 0.332. The van der Waals surface area contributed by atoms with Crippen LogP contribution in [0, 0.1) is 6.92 Å². The van der Waals surface area contributed by atoms with Gasteiger partial charge in [0.15, 0.2) is 0 Å². The van der Waals surface area contributed by atoms with E-state index in [-0.39, 0.29) is 11.6 Å². The van der Waals surface area contributed by atoms with Crippen molar-refractivity contribution in [1.82, 2.24) is 20.3 Å². The monoisotopic (exact) mass is 463 g/mol. The number of carbonyl (C=O) groups is 1. The van der Waals surface area contributed by atoms with E-state index in [0.29, 0.717) is 21.9 Å². The number of rotatable bonds is 5. The number of carboxylic acids is 1. The van der Waals surface area contributed by atoms with Crippen molar-refractivity contribution in [1.29, 1.82) is 0 Å². The topological polar surface area (TPSA) is 103 Å². The number of imidazole rings is 1. The van der Waals surface area contributed by atoms with Crippen molar-refractivity contribution in [3.8, 4) is 22.9 Å². The third-order valence-electron chi connectivity index (χ3n) is 5.70. The van der Waals surface area contributed by atoms with Gasteiger partial charge in [0, 0.05) is 43.5 Å². The minimum atomic E-state index is -1.00. The number of anilines is 1. The number of hydrogen-bond acceptors (Lipinski definition) is 6. The Morgan fingerprint density at radius 3 is 2.70 bits per heavy atom. The maximum absolute atomic E-state index is 11.4. The van der Waals surface area contributed by atoms with Crippen molar-refractivity contribution >= 4 is 34.4 Å². The van der Waals surface area contributed by atoms with Gasteiger partial charge in [0.25, 0.3) is 6.01 Å². The Hall–Kier alpha value is -3.62. The van der Waals surface area contributed by atoms with Crippen molar-refractivity contribution in [2.45, 2.75) is 6.92 Å². The van der Waals surface area contributed by atoms with Gasteiger partial charge in [-0.25, -0.2) is 9.78 Å². The molecule has 0 aliphatic carbocycles. The second-order valence-corrected chi connectivity index (χ2v) is 8.32. The van der Waals surface area contributed by atoms with Gasteiger partial charge in [-0.1, -0.05) is 17.7 Å². The summed E-state index contributed by atoms with van der Waals surface area (Å²) in [5, 5.41) is 13.2. The van der Waals surface area contributed by atoms with Gasteiger partial charge >= 0.3 is 5.97 Å². The molecule has 0 atom stereocenters. The van der Waals surface area contributed by atoms with Gasteiger partial charge in [-0.3, -0.25) is 0 Å². The number of ether oxygens (including phenoxy) is 1. The molecule has 0 spiro atoms. The number of fused-ring (bicyclic) bond motifs is 1. The van der Waals surface area contributed by atoms with Crippen LogP contribution in [0.4, 0.5) is 5.82 Å². The molecule has 33 heavy (non-hydrogen) atoms. The molecular formula is C24H22ClN5O3. The molecule has 9 heteroatoms. The lowest BCUT2D eigenvalue weighted by atomic mass is 10.1. The normalized spacial score (nSPS) is 13.9. The molecule has 2 aromatic heterocycles. The van der Waals surface area contributed by atoms with Gasteiger partial charge in [0.2, 0.25) is 0 Å². The van der Waals surface area contributed by atoms with E-state index in [0.717, 1.165) is 48.6 Å². The molecule has 0 bridgehead atoms. The molecular weight excluding hydrogens is 442 g/mol. The van der Waals surface area contributed by atoms with Crippen LogP contribution in [0.15, 0.2) is 48.7 Å². The number of pyridine rings is 1. The fourth-order valence-corrected chi connectivity index (χ4v) is 4.18. The van der Waals surface area contributed by atoms with Gasteiger partial charge in [0.05, 0.1) is 21.6 Å². The van der Waals surface area contributed by atoms with Gasteiger partial charge in [-0.05, 0) is 48.9 Å². The summed E-state index contributed by atoms with van der Waals surface area (Å²) in [7, 11) is 0. The largest absolute Gasteiger partial charge is 0.478 e. The highest BCUT2D eigenvalue weighted by atomic mass is 35.5. The van der Waals surface area contributed by atoms with Crippen molar-refractivity contribution in [3.05, 3.63) is 64.8 Å². The number of nitrogens with zero attached hydrogens (tertiary/aromatic N) is 3. The minimum absolute atomic E-state index is 0.186. The molecule has 0 radical (unpaired) electrons. The number of carboxylic acid groups (broad SMARTS) is 1. The number of aromatic amines is 1. The predicted octanol–water partition coefficient (Wildman–Crippen LogP) is 4.49. The van der Waals surface area contributed by atoms with Gasteiger partial charge in [0.1, 0.15) is 11.6 Å². The molecule has 1 aliphatic heterocycles. The minimum Gasteiger partial charge on any atom is -0.478 e. The Morgan fingerprint density at radius 2 is 1.97 bits per heavy atom.